The Morgan fingerprint density at radius 2 is 1.47 bits per heavy atom. The van der Waals surface area contributed by atoms with E-state index in [0.717, 1.165) is 0 Å². The predicted octanol–water partition coefficient (Wildman–Crippen LogP) is 6.01. The second kappa shape index (κ2) is 4.79. The van der Waals surface area contributed by atoms with Crippen LogP contribution >= 0.6 is 11.3 Å². The average Bonchev–Trinajstić information content (AvgIpc) is 2.77. The fraction of sp³-hybridized carbons (Fsp3) is 0.444. The van der Waals surface area contributed by atoms with Crippen LogP contribution in [-0.4, -0.2) is 0 Å². The molecule has 0 nitrogen and oxygen atoms in total. The molecule has 0 saturated carbocycles. The topological polar surface area (TPSA) is 0 Å². The normalized spacial score (nSPS) is 12.7. The molecule has 0 saturated heterocycles. The van der Waals surface area contributed by atoms with Crippen LogP contribution in [0.15, 0.2) is 36.4 Å². The lowest BCUT2D eigenvalue weighted by Crippen LogP contribution is -2.10. The molecule has 102 valence electrons. The molecule has 2 aromatic rings. The SMILES string of the molecule is CC(C)(C)c1cccc(-c2ccc(C(C)(C)C)s2)c1. The summed E-state index contributed by atoms with van der Waals surface area (Å²) >= 11 is 1.91. The molecule has 1 aromatic heterocycles. The number of hydrogen-bond donors (Lipinski definition) is 0. The Morgan fingerprint density at radius 1 is 0.789 bits per heavy atom. The Labute approximate surface area is 121 Å². The lowest BCUT2D eigenvalue weighted by Gasteiger charge is -2.19. The van der Waals surface area contributed by atoms with Crippen LogP contribution in [0.1, 0.15) is 52.0 Å². The number of hydrogen-bond acceptors (Lipinski definition) is 1. The summed E-state index contributed by atoms with van der Waals surface area (Å²) in [6.07, 6.45) is 0. The standard InChI is InChI=1S/C18H24S/c1-17(2,3)14-9-7-8-13(12-14)15-10-11-16(19-15)18(4,5)6/h7-12H,1-6H3. The molecule has 0 aliphatic heterocycles. The van der Waals surface area contributed by atoms with Crippen molar-refractivity contribution in [2.75, 3.05) is 0 Å². The first-order chi connectivity index (χ1) is 8.68. The first-order valence-corrected chi connectivity index (χ1v) is 7.71. The zero-order chi connectivity index (χ0) is 14.3. The molecule has 0 spiro atoms. The zero-order valence-electron chi connectivity index (χ0n) is 12.9. The minimum Gasteiger partial charge on any atom is -0.140 e. The van der Waals surface area contributed by atoms with Crippen molar-refractivity contribution in [3.63, 3.8) is 0 Å². The van der Waals surface area contributed by atoms with Gasteiger partial charge < -0.3 is 0 Å². The molecule has 0 amide bonds. The van der Waals surface area contributed by atoms with Gasteiger partial charge in [0.15, 0.2) is 0 Å². The van der Waals surface area contributed by atoms with E-state index in [4.69, 9.17) is 0 Å². The fourth-order valence-corrected chi connectivity index (χ4v) is 3.10. The van der Waals surface area contributed by atoms with Crippen LogP contribution < -0.4 is 0 Å². The molecule has 0 bridgehead atoms. The van der Waals surface area contributed by atoms with Gasteiger partial charge in [0.2, 0.25) is 0 Å². The van der Waals surface area contributed by atoms with Gasteiger partial charge in [0.1, 0.15) is 0 Å². The van der Waals surface area contributed by atoms with E-state index in [0.29, 0.717) is 0 Å². The van der Waals surface area contributed by atoms with Gasteiger partial charge >= 0.3 is 0 Å². The third-order valence-electron chi connectivity index (χ3n) is 3.36. The summed E-state index contributed by atoms with van der Waals surface area (Å²) in [4.78, 5) is 2.82. The lowest BCUT2D eigenvalue weighted by molar-refractivity contribution is 0.590. The van der Waals surface area contributed by atoms with E-state index in [9.17, 15) is 0 Å². The second-order valence-electron chi connectivity index (χ2n) is 7.24. The van der Waals surface area contributed by atoms with Crippen molar-refractivity contribution < 1.29 is 0 Å². The van der Waals surface area contributed by atoms with Crippen molar-refractivity contribution in [1.29, 1.82) is 0 Å². The maximum Gasteiger partial charge on any atom is 0.0345 e. The summed E-state index contributed by atoms with van der Waals surface area (Å²) in [6, 6.07) is 13.5. The molecule has 1 heteroatoms. The first kappa shape index (κ1) is 14.3. The van der Waals surface area contributed by atoms with E-state index in [1.807, 2.05) is 11.3 Å². The maximum absolute atomic E-state index is 2.33. The fourth-order valence-electron chi connectivity index (χ4n) is 2.04. The van der Waals surface area contributed by atoms with E-state index in [2.05, 4.69) is 77.9 Å². The lowest BCUT2D eigenvalue weighted by atomic mass is 9.86. The van der Waals surface area contributed by atoms with E-state index in [-0.39, 0.29) is 10.8 Å². The van der Waals surface area contributed by atoms with Gasteiger partial charge in [-0.15, -0.1) is 11.3 Å². The molecule has 19 heavy (non-hydrogen) atoms. The highest BCUT2D eigenvalue weighted by Gasteiger charge is 2.18. The van der Waals surface area contributed by atoms with Gasteiger partial charge in [0.25, 0.3) is 0 Å². The average molecular weight is 272 g/mol. The highest BCUT2D eigenvalue weighted by atomic mass is 32.1. The quantitative estimate of drug-likeness (QED) is 0.596. The minimum atomic E-state index is 0.208. The van der Waals surface area contributed by atoms with Crippen molar-refractivity contribution in [3.8, 4) is 10.4 Å². The molecule has 0 N–H and O–H groups in total. The van der Waals surface area contributed by atoms with Crippen LogP contribution in [0.3, 0.4) is 0 Å². The summed E-state index contributed by atoms with van der Waals surface area (Å²) in [5.74, 6) is 0. The van der Waals surface area contributed by atoms with Crippen molar-refractivity contribution in [3.05, 3.63) is 46.8 Å². The molecule has 0 aliphatic carbocycles. The van der Waals surface area contributed by atoms with Crippen LogP contribution in [0.2, 0.25) is 0 Å². The zero-order valence-corrected chi connectivity index (χ0v) is 13.7. The molecule has 1 aromatic carbocycles. The summed E-state index contributed by atoms with van der Waals surface area (Å²) < 4.78 is 0. The highest BCUT2D eigenvalue weighted by molar-refractivity contribution is 7.15. The largest absolute Gasteiger partial charge is 0.140 e. The monoisotopic (exact) mass is 272 g/mol. The van der Waals surface area contributed by atoms with Crippen LogP contribution in [-0.2, 0) is 10.8 Å². The van der Waals surface area contributed by atoms with Crippen molar-refractivity contribution in [2.24, 2.45) is 0 Å². The minimum absolute atomic E-state index is 0.208. The Bertz CT molecular complexity index is 562. The van der Waals surface area contributed by atoms with E-state index in [1.54, 1.807) is 0 Å². The number of rotatable bonds is 1. The predicted molar refractivity (Wildman–Crippen MR) is 87.2 cm³/mol. The van der Waals surface area contributed by atoms with Gasteiger partial charge in [-0.05, 0) is 40.2 Å². The number of benzene rings is 1. The molecule has 0 radical (unpaired) electrons. The Balaban J connectivity index is 2.40. The smallest absolute Gasteiger partial charge is 0.0345 e. The summed E-state index contributed by atoms with van der Waals surface area (Å²) in [5, 5.41) is 0. The van der Waals surface area contributed by atoms with Crippen molar-refractivity contribution in [2.45, 2.75) is 52.4 Å². The van der Waals surface area contributed by atoms with Crippen LogP contribution in [0.5, 0.6) is 0 Å². The molecule has 0 fully saturated rings. The summed E-state index contributed by atoms with van der Waals surface area (Å²) in [5.41, 5.74) is 3.19. The van der Waals surface area contributed by atoms with Gasteiger partial charge in [-0.2, -0.15) is 0 Å². The van der Waals surface area contributed by atoms with Crippen molar-refractivity contribution >= 4 is 11.3 Å². The van der Waals surface area contributed by atoms with E-state index in [1.165, 1.54) is 20.9 Å². The molecule has 0 unspecified atom stereocenters. The third-order valence-corrected chi connectivity index (χ3v) is 4.92. The van der Waals surface area contributed by atoms with Crippen LogP contribution in [0.25, 0.3) is 10.4 Å². The molecular weight excluding hydrogens is 248 g/mol. The van der Waals surface area contributed by atoms with E-state index < -0.39 is 0 Å². The molecular formula is C18H24S. The highest BCUT2D eigenvalue weighted by Crippen LogP contribution is 2.36. The van der Waals surface area contributed by atoms with Crippen LogP contribution in [0.4, 0.5) is 0 Å². The molecule has 2 rings (SSSR count). The van der Waals surface area contributed by atoms with Gasteiger partial charge in [-0.1, -0.05) is 59.7 Å². The first-order valence-electron chi connectivity index (χ1n) is 6.89. The maximum atomic E-state index is 2.33. The summed E-state index contributed by atoms with van der Waals surface area (Å²) in [7, 11) is 0. The summed E-state index contributed by atoms with van der Waals surface area (Å²) in [6.45, 7) is 13.6. The Kier molecular flexibility index (Phi) is 3.61. The van der Waals surface area contributed by atoms with Gasteiger partial charge in [-0.3, -0.25) is 0 Å². The Hall–Kier alpha value is -1.08. The van der Waals surface area contributed by atoms with E-state index >= 15 is 0 Å². The Morgan fingerprint density at radius 3 is 2.00 bits per heavy atom. The van der Waals surface area contributed by atoms with Gasteiger partial charge in [0, 0.05) is 9.75 Å². The molecule has 0 atom stereocenters. The van der Waals surface area contributed by atoms with Gasteiger partial charge in [-0.25, -0.2) is 0 Å². The third kappa shape index (κ3) is 3.27. The molecule has 0 aliphatic rings. The van der Waals surface area contributed by atoms with Crippen LogP contribution in [0, 0.1) is 0 Å². The van der Waals surface area contributed by atoms with Crippen molar-refractivity contribution in [1.82, 2.24) is 0 Å². The van der Waals surface area contributed by atoms with Gasteiger partial charge in [0.05, 0.1) is 0 Å². The molecule has 1 heterocycles. The second-order valence-corrected chi connectivity index (χ2v) is 8.33. The number of thiophene rings is 1.